The molecule has 2 rings (SSSR count). The minimum atomic E-state index is -0.763. The summed E-state index contributed by atoms with van der Waals surface area (Å²) < 4.78 is 15.2. The minimum Gasteiger partial charge on any atom is -0.467 e. The maximum Gasteiger partial charge on any atom is 0.408 e. The number of carbonyl (C=O) groups is 2. The average molecular weight is 322 g/mol. The van der Waals surface area contributed by atoms with E-state index in [1.807, 2.05) is 35.2 Å². The van der Waals surface area contributed by atoms with Gasteiger partial charge in [-0.15, -0.1) is 0 Å². The first-order valence-electron chi connectivity index (χ1n) is 7.54. The molecule has 1 fully saturated rings. The summed E-state index contributed by atoms with van der Waals surface area (Å²) >= 11 is 0. The number of benzene rings is 1. The number of esters is 1. The number of carbonyl (C=O) groups excluding carboxylic acids is 2. The Morgan fingerprint density at radius 3 is 2.61 bits per heavy atom. The van der Waals surface area contributed by atoms with Crippen molar-refractivity contribution < 1.29 is 23.8 Å². The Hall–Kier alpha value is -2.12. The second kappa shape index (κ2) is 9.12. The maximum absolute atomic E-state index is 11.9. The molecule has 1 aromatic carbocycles. The number of amides is 1. The Labute approximate surface area is 135 Å². The van der Waals surface area contributed by atoms with Gasteiger partial charge in [-0.1, -0.05) is 30.3 Å². The molecule has 0 spiro atoms. The van der Waals surface area contributed by atoms with Crippen LogP contribution in [-0.4, -0.2) is 63.0 Å². The van der Waals surface area contributed by atoms with Crippen LogP contribution in [-0.2, 0) is 25.6 Å². The van der Waals surface area contributed by atoms with Crippen molar-refractivity contribution in [2.24, 2.45) is 0 Å². The first kappa shape index (κ1) is 17.2. The number of hydrogen-bond acceptors (Lipinski definition) is 6. The molecule has 7 heteroatoms. The average Bonchev–Trinajstić information content (AvgIpc) is 2.60. The molecular weight excluding hydrogens is 300 g/mol. The Balaban J connectivity index is 1.83. The smallest absolute Gasteiger partial charge is 0.408 e. The third-order valence-corrected chi connectivity index (χ3v) is 3.54. The molecule has 1 aromatic rings. The Morgan fingerprint density at radius 2 is 1.96 bits per heavy atom. The highest BCUT2D eigenvalue weighted by Gasteiger charge is 2.25. The van der Waals surface area contributed by atoms with Crippen LogP contribution in [0.2, 0.25) is 0 Å². The van der Waals surface area contributed by atoms with Crippen molar-refractivity contribution in [2.45, 2.75) is 12.6 Å². The van der Waals surface area contributed by atoms with Crippen LogP contribution in [0.4, 0.5) is 4.79 Å². The quantitative estimate of drug-likeness (QED) is 0.780. The van der Waals surface area contributed by atoms with Crippen LogP contribution in [0.25, 0.3) is 0 Å². The van der Waals surface area contributed by atoms with Crippen LogP contribution in [0, 0.1) is 0 Å². The summed E-state index contributed by atoms with van der Waals surface area (Å²) in [5.74, 6) is -0.492. The standard InChI is InChI=1S/C16H22N2O5/c1-21-15(19)14(11-18-7-9-22-10-8-18)17-16(20)23-12-13-5-3-2-4-6-13/h2-6,14H,7-12H2,1H3,(H,17,20). The van der Waals surface area contributed by atoms with E-state index in [2.05, 4.69) is 5.32 Å². The first-order chi connectivity index (χ1) is 11.2. The van der Waals surface area contributed by atoms with Crippen molar-refractivity contribution in [3.8, 4) is 0 Å². The van der Waals surface area contributed by atoms with E-state index in [4.69, 9.17) is 14.2 Å². The second-order valence-corrected chi connectivity index (χ2v) is 5.19. The van der Waals surface area contributed by atoms with E-state index in [9.17, 15) is 9.59 Å². The van der Waals surface area contributed by atoms with E-state index in [1.165, 1.54) is 7.11 Å². The summed E-state index contributed by atoms with van der Waals surface area (Å²) in [6.07, 6.45) is -0.641. The van der Waals surface area contributed by atoms with E-state index in [0.29, 0.717) is 32.8 Å². The highest BCUT2D eigenvalue weighted by atomic mass is 16.6. The SMILES string of the molecule is COC(=O)C(CN1CCOCC1)NC(=O)OCc1ccccc1. The molecule has 0 aromatic heterocycles. The maximum atomic E-state index is 11.9. The van der Waals surface area contributed by atoms with Crippen molar-refractivity contribution in [3.63, 3.8) is 0 Å². The molecule has 1 N–H and O–H groups in total. The topological polar surface area (TPSA) is 77.1 Å². The van der Waals surface area contributed by atoms with E-state index in [1.54, 1.807) is 0 Å². The third kappa shape index (κ3) is 5.88. The van der Waals surface area contributed by atoms with Gasteiger partial charge in [-0.05, 0) is 5.56 Å². The monoisotopic (exact) mass is 322 g/mol. The molecular formula is C16H22N2O5. The predicted octanol–water partition coefficient (Wildman–Crippen LogP) is 0.787. The van der Waals surface area contributed by atoms with E-state index in [-0.39, 0.29) is 6.61 Å². The molecule has 1 aliphatic heterocycles. The molecule has 23 heavy (non-hydrogen) atoms. The molecule has 1 atom stereocenters. The number of morpholine rings is 1. The van der Waals surface area contributed by atoms with Crippen LogP contribution in [0.1, 0.15) is 5.56 Å². The number of nitrogens with one attached hydrogen (secondary N) is 1. The summed E-state index contributed by atoms with van der Waals surface area (Å²) in [4.78, 5) is 25.8. The molecule has 7 nitrogen and oxygen atoms in total. The Morgan fingerprint density at radius 1 is 1.26 bits per heavy atom. The molecule has 1 amide bonds. The molecule has 0 bridgehead atoms. The normalized spacial score (nSPS) is 16.4. The van der Waals surface area contributed by atoms with Crippen molar-refractivity contribution >= 4 is 12.1 Å². The highest BCUT2D eigenvalue weighted by molar-refractivity contribution is 5.81. The van der Waals surface area contributed by atoms with Crippen LogP contribution in [0.5, 0.6) is 0 Å². The lowest BCUT2D eigenvalue weighted by molar-refractivity contribution is -0.143. The zero-order valence-electron chi connectivity index (χ0n) is 13.2. The molecule has 0 aliphatic carbocycles. The van der Waals surface area contributed by atoms with Gasteiger partial charge in [-0.25, -0.2) is 9.59 Å². The van der Waals surface area contributed by atoms with Gasteiger partial charge in [0.1, 0.15) is 12.6 Å². The lowest BCUT2D eigenvalue weighted by Crippen LogP contribution is -2.51. The number of rotatable bonds is 6. The number of nitrogens with zero attached hydrogens (tertiary/aromatic N) is 1. The van der Waals surface area contributed by atoms with Gasteiger partial charge in [0.15, 0.2) is 0 Å². The lowest BCUT2D eigenvalue weighted by atomic mass is 10.2. The molecule has 1 heterocycles. The van der Waals surface area contributed by atoms with Crippen LogP contribution in [0.15, 0.2) is 30.3 Å². The number of methoxy groups -OCH3 is 1. The largest absolute Gasteiger partial charge is 0.467 e. The Bertz CT molecular complexity index is 502. The summed E-state index contributed by atoms with van der Waals surface area (Å²) in [5.41, 5.74) is 0.880. The van der Waals surface area contributed by atoms with E-state index in [0.717, 1.165) is 5.56 Å². The summed E-state index contributed by atoms with van der Waals surface area (Å²) in [7, 11) is 1.30. The number of ether oxygens (including phenoxy) is 3. The number of hydrogen-bond donors (Lipinski definition) is 1. The number of alkyl carbamates (subject to hydrolysis) is 1. The zero-order valence-corrected chi connectivity index (χ0v) is 13.2. The van der Waals surface area contributed by atoms with Gasteiger partial charge >= 0.3 is 12.1 Å². The van der Waals surface area contributed by atoms with Crippen molar-refractivity contribution in [2.75, 3.05) is 40.0 Å². The van der Waals surface area contributed by atoms with E-state index < -0.39 is 18.1 Å². The molecule has 1 unspecified atom stereocenters. The Kier molecular flexibility index (Phi) is 6.83. The van der Waals surface area contributed by atoms with Gasteiger partial charge in [-0.3, -0.25) is 4.90 Å². The lowest BCUT2D eigenvalue weighted by Gasteiger charge is -2.29. The van der Waals surface area contributed by atoms with Crippen LogP contribution in [0.3, 0.4) is 0 Å². The highest BCUT2D eigenvalue weighted by Crippen LogP contribution is 2.03. The van der Waals surface area contributed by atoms with Gasteiger partial charge in [0.2, 0.25) is 0 Å². The molecule has 1 saturated heterocycles. The minimum absolute atomic E-state index is 0.151. The molecule has 0 saturated carbocycles. The zero-order chi connectivity index (χ0) is 16.5. The van der Waals surface area contributed by atoms with Crippen LogP contribution >= 0.6 is 0 Å². The van der Waals surface area contributed by atoms with Crippen LogP contribution < -0.4 is 5.32 Å². The van der Waals surface area contributed by atoms with Gasteiger partial charge in [-0.2, -0.15) is 0 Å². The molecule has 1 aliphatic rings. The third-order valence-electron chi connectivity index (χ3n) is 3.54. The fourth-order valence-corrected chi connectivity index (χ4v) is 2.27. The van der Waals surface area contributed by atoms with Crippen molar-refractivity contribution in [3.05, 3.63) is 35.9 Å². The van der Waals surface area contributed by atoms with Gasteiger partial charge in [0.25, 0.3) is 0 Å². The summed E-state index contributed by atoms with van der Waals surface area (Å²) in [5, 5.41) is 2.57. The van der Waals surface area contributed by atoms with Gasteiger partial charge in [0.05, 0.1) is 20.3 Å². The summed E-state index contributed by atoms with van der Waals surface area (Å²) in [6.45, 7) is 3.19. The fourth-order valence-electron chi connectivity index (χ4n) is 2.27. The summed E-state index contributed by atoms with van der Waals surface area (Å²) in [6, 6.07) is 8.58. The molecule has 0 radical (unpaired) electrons. The second-order valence-electron chi connectivity index (χ2n) is 5.19. The van der Waals surface area contributed by atoms with Crippen molar-refractivity contribution in [1.82, 2.24) is 10.2 Å². The fraction of sp³-hybridized carbons (Fsp3) is 0.500. The predicted molar refractivity (Wildman–Crippen MR) is 82.8 cm³/mol. The van der Waals surface area contributed by atoms with Crippen molar-refractivity contribution in [1.29, 1.82) is 0 Å². The van der Waals surface area contributed by atoms with Gasteiger partial charge < -0.3 is 19.5 Å². The van der Waals surface area contributed by atoms with Gasteiger partial charge in [0, 0.05) is 19.6 Å². The molecule has 126 valence electrons. The first-order valence-corrected chi connectivity index (χ1v) is 7.54. The van der Waals surface area contributed by atoms with E-state index >= 15 is 0 Å².